The number of nitrogens with zero attached hydrogens (tertiary/aromatic N) is 4. The number of carbonyl (C=O) groups is 1. The first-order valence-electron chi connectivity index (χ1n) is 11.2. The molecule has 0 N–H and O–H groups in total. The smallest absolute Gasteiger partial charge is 0.281 e. The molecular weight excluding hydrogens is 493 g/mol. The summed E-state index contributed by atoms with van der Waals surface area (Å²) in [5, 5.41) is 13.9. The standard InChI is InChI=1S/C26H24ClF3N4O2/c1-15(26(4,29)30)36-20-10-5-16(11-31)22(27)21(20)24(35)33-12-17-13-34(19-8-6-18(28)7-9-19)32-23(17)25(2,3)14-33/h5-10,13,15H,12,14H2,1-4H3. The molecule has 36 heavy (non-hydrogen) atoms. The van der Waals surface area contributed by atoms with Gasteiger partial charge in [0, 0.05) is 37.2 Å². The first-order chi connectivity index (χ1) is 16.8. The molecule has 0 aliphatic carbocycles. The van der Waals surface area contributed by atoms with Gasteiger partial charge in [-0.1, -0.05) is 25.4 Å². The Balaban J connectivity index is 1.72. The number of amides is 1. The molecule has 4 rings (SSSR count). The summed E-state index contributed by atoms with van der Waals surface area (Å²) in [6, 6.07) is 10.4. The highest BCUT2D eigenvalue weighted by atomic mass is 35.5. The number of rotatable bonds is 5. The molecule has 1 aliphatic rings. The number of fused-ring (bicyclic) bond motifs is 1. The predicted molar refractivity (Wildman–Crippen MR) is 128 cm³/mol. The van der Waals surface area contributed by atoms with Gasteiger partial charge in [0.05, 0.1) is 22.0 Å². The zero-order valence-electron chi connectivity index (χ0n) is 20.2. The average molecular weight is 517 g/mol. The topological polar surface area (TPSA) is 71.2 Å². The highest BCUT2D eigenvalue weighted by molar-refractivity contribution is 6.35. The molecule has 0 radical (unpaired) electrons. The minimum Gasteiger partial charge on any atom is -0.484 e. The quantitative estimate of drug-likeness (QED) is 0.424. The van der Waals surface area contributed by atoms with Gasteiger partial charge in [0.1, 0.15) is 23.2 Å². The minimum atomic E-state index is -3.17. The fraction of sp³-hybridized carbons (Fsp3) is 0.346. The maximum atomic E-state index is 13.8. The summed E-state index contributed by atoms with van der Waals surface area (Å²) in [4.78, 5) is 15.3. The number of alkyl halides is 2. The van der Waals surface area contributed by atoms with Crippen molar-refractivity contribution in [1.82, 2.24) is 14.7 Å². The van der Waals surface area contributed by atoms with Gasteiger partial charge < -0.3 is 9.64 Å². The Morgan fingerprint density at radius 2 is 1.92 bits per heavy atom. The van der Waals surface area contributed by atoms with Crippen LogP contribution in [0, 0.1) is 17.1 Å². The lowest BCUT2D eigenvalue weighted by Gasteiger charge is -2.37. The summed E-state index contributed by atoms with van der Waals surface area (Å²) < 4.78 is 48.1. The van der Waals surface area contributed by atoms with Gasteiger partial charge in [0.2, 0.25) is 0 Å². The van der Waals surface area contributed by atoms with Gasteiger partial charge in [-0.25, -0.2) is 17.9 Å². The van der Waals surface area contributed by atoms with E-state index >= 15 is 0 Å². The lowest BCUT2D eigenvalue weighted by molar-refractivity contribution is -0.0720. The number of halogens is 4. The van der Waals surface area contributed by atoms with Crippen LogP contribution in [0.3, 0.4) is 0 Å². The number of nitriles is 1. The third-order valence-corrected chi connectivity index (χ3v) is 6.61. The van der Waals surface area contributed by atoms with Gasteiger partial charge in [0.15, 0.2) is 6.10 Å². The lowest BCUT2D eigenvalue weighted by atomic mass is 9.83. The monoisotopic (exact) mass is 516 g/mol. The number of carbonyl (C=O) groups excluding carboxylic acids is 1. The molecule has 0 saturated carbocycles. The second-order valence-corrected chi connectivity index (χ2v) is 9.98. The summed E-state index contributed by atoms with van der Waals surface area (Å²) in [6.07, 6.45) is 0.236. The molecule has 10 heteroatoms. The van der Waals surface area contributed by atoms with E-state index in [9.17, 15) is 23.2 Å². The molecule has 1 unspecified atom stereocenters. The Hall–Kier alpha value is -3.51. The van der Waals surface area contributed by atoms with E-state index in [0.717, 1.165) is 18.2 Å². The number of benzene rings is 2. The van der Waals surface area contributed by atoms with E-state index in [2.05, 4.69) is 5.10 Å². The summed E-state index contributed by atoms with van der Waals surface area (Å²) in [6.45, 7) is 6.20. The molecule has 1 aromatic heterocycles. The first-order valence-corrected chi connectivity index (χ1v) is 11.6. The van der Waals surface area contributed by atoms with Crippen molar-refractivity contribution in [3.05, 3.63) is 75.8 Å². The molecule has 0 fully saturated rings. The van der Waals surface area contributed by atoms with Crippen LogP contribution in [-0.2, 0) is 12.0 Å². The molecule has 188 valence electrons. The zero-order chi connectivity index (χ0) is 26.4. The molecule has 0 spiro atoms. The molecule has 1 atom stereocenters. The van der Waals surface area contributed by atoms with E-state index < -0.39 is 23.3 Å². The van der Waals surface area contributed by atoms with Crippen molar-refractivity contribution in [3.63, 3.8) is 0 Å². The Morgan fingerprint density at radius 3 is 2.53 bits per heavy atom. The van der Waals surface area contributed by atoms with Gasteiger partial charge in [-0.05, 0) is 43.3 Å². The number of aromatic nitrogens is 2. The van der Waals surface area contributed by atoms with E-state index in [1.165, 1.54) is 36.1 Å². The Bertz CT molecular complexity index is 1360. The van der Waals surface area contributed by atoms with E-state index in [1.54, 1.807) is 23.0 Å². The van der Waals surface area contributed by atoms with Gasteiger partial charge in [0.25, 0.3) is 11.8 Å². The second kappa shape index (κ2) is 9.17. The minimum absolute atomic E-state index is 0.0318. The molecule has 1 amide bonds. The maximum absolute atomic E-state index is 13.8. The van der Waals surface area contributed by atoms with Crippen molar-refractivity contribution in [3.8, 4) is 17.5 Å². The van der Waals surface area contributed by atoms with Crippen molar-refractivity contribution in [2.24, 2.45) is 0 Å². The summed E-state index contributed by atoms with van der Waals surface area (Å²) >= 11 is 6.41. The van der Waals surface area contributed by atoms with E-state index in [-0.39, 0.29) is 40.8 Å². The fourth-order valence-electron chi connectivity index (χ4n) is 4.17. The van der Waals surface area contributed by atoms with Crippen LogP contribution in [0.1, 0.15) is 54.9 Å². The van der Waals surface area contributed by atoms with Crippen molar-refractivity contribution < 1.29 is 22.7 Å². The van der Waals surface area contributed by atoms with Crippen LogP contribution >= 0.6 is 11.6 Å². The van der Waals surface area contributed by atoms with Gasteiger partial charge in [-0.3, -0.25) is 4.79 Å². The van der Waals surface area contributed by atoms with Gasteiger partial charge in [-0.15, -0.1) is 0 Å². The molecule has 1 aliphatic heterocycles. The van der Waals surface area contributed by atoms with Crippen LogP contribution in [0.2, 0.25) is 5.02 Å². The summed E-state index contributed by atoms with van der Waals surface area (Å²) in [7, 11) is 0. The normalized spacial score (nSPS) is 15.7. The SMILES string of the molecule is CC(Oc1ccc(C#N)c(Cl)c1C(=O)N1Cc2cn(-c3ccc(F)cc3)nc2C(C)(C)C1)C(C)(F)F. The van der Waals surface area contributed by atoms with Crippen LogP contribution in [-0.4, -0.2) is 39.2 Å². The number of ether oxygens (including phenoxy) is 1. The van der Waals surface area contributed by atoms with Crippen molar-refractivity contribution in [2.45, 2.75) is 51.7 Å². The zero-order valence-corrected chi connectivity index (χ0v) is 20.9. The Kier molecular flexibility index (Phi) is 6.52. The molecule has 2 aromatic carbocycles. The van der Waals surface area contributed by atoms with Crippen molar-refractivity contribution >= 4 is 17.5 Å². The first kappa shape index (κ1) is 25.6. The van der Waals surface area contributed by atoms with Crippen LogP contribution in [0.25, 0.3) is 5.69 Å². The summed E-state index contributed by atoms with van der Waals surface area (Å²) in [5.74, 6) is -4.20. The second-order valence-electron chi connectivity index (χ2n) is 9.60. The largest absolute Gasteiger partial charge is 0.484 e. The maximum Gasteiger partial charge on any atom is 0.281 e. The van der Waals surface area contributed by atoms with Crippen molar-refractivity contribution in [1.29, 1.82) is 5.26 Å². The van der Waals surface area contributed by atoms with Crippen LogP contribution in [0.15, 0.2) is 42.6 Å². The molecule has 0 bridgehead atoms. The predicted octanol–water partition coefficient (Wildman–Crippen LogP) is 5.89. The number of hydrogen-bond donors (Lipinski definition) is 0. The Labute approximate surface area is 211 Å². The van der Waals surface area contributed by atoms with Crippen molar-refractivity contribution in [2.75, 3.05) is 6.54 Å². The van der Waals surface area contributed by atoms with Gasteiger partial charge >= 0.3 is 0 Å². The number of hydrogen-bond acceptors (Lipinski definition) is 4. The third kappa shape index (κ3) is 4.78. The molecule has 0 saturated heterocycles. The molecule has 3 aromatic rings. The highest BCUT2D eigenvalue weighted by Gasteiger charge is 2.39. The van der Waals surface area contributed by atoms with Gasteiger partial charge in [-0.2, -0.15) is 10.4 Å². The molecule has 6 nitrogen and oxygen atoms in total. The van der Waals surface area contributed by atoms with E-state index in [1.807, 2.05) is 19.9 Å². The summed E-state index contributed by atoms with van der Waals surface area (Å²) in [5.41, 5.74) is 1.53. The average Bonchev–Trinajstić information content (AvgIpc) is 3.24. The lowest BCUT2D eigenvalue weighted by Crippen LogP contribution is -2.45. The van der Waals surface area contributed by atoms with E-state index in [4.69, 9.17) is 16.3 Å². The van der Waals surface area contributed by atoms with E-state index in [0.29, 0.717) is 5.69 Å². The third-order valence-electron chi connectivity index (χ3n) is 6.21. The van der Waals surface area contributed by atoms with Crippen LogP contribution in [0.4, 0.5) is 13.2 Å². The molecule has 2 heterocycles. The fourth-order valence-corrected chi connectivity index (χ4v) is 4.45. The van der Waals surface area contributed by atoms with Crippen LogP contribution < -0.4 is 4.74 Å². The highest BCUT2D eigenvalue weighted by Crippen LogP contribution is 2.38. The van der Waals surface area contributed by atoms with Crippen LogP contribution in [0.5, 0.6) is 5.75 Å². The Morgan fingerprint density at radius 1 is 1.25 bits per heavy atom. The molecular formula is C26H24ClF3N4O2.